The van der Waals surface area contributed by atoms with Crippen molar-refractivity contribution in [1.82, 2.24) is 9.71 Å². The Bertz CT molecular complexity index is 460. The average Bonchev–Trinajstić information content (AvgIpc) is 2.84. The summed E-state index contributed by atoms with van der Waals surface area (Å²) in [5, 5.41) is 0. The second-order valence-electron chi connectivity index (χ2n) is 3.66. The normalized spacial score (nSPS) is 13.7. The van der Waals surface area contributed by atoms with Crippen molar-refractivity contribution in [2.24, 2.45) is 0 Å². The van der Waals surface area contributed by atoms with Crippen molar-refractivity contribution >= 4 is 21.6 Å². The minimum atomic E-state index is -3.55. The monoisotopic (exact) mass is 296 g/mol. The van der Waals surface area contributed by atoms with E-state index in [-0.39, 0.29) is 23.4 Å². The van der Waals surface area contributed by atoms with Gasteiger partial charge >= 0.3 is 0 Å². The summed E-state index contributed by atoms with van der Waals surface area (Å²) in [6.07, 6.45) is 1.08. The molecule has 0 fully saturated rings. The third-order valence-corrected chi connectivity index (χ3v) is 4.05. The predicted octanol–water partition coefficient (Wildman–Crippen LogP) is 0.693. The number of rotatable bonds is 8. The van der Waals surface area contributed by atoms with E-state index in [2.05, 4.69) is 9.71 Å². The maximum Gasteiger partial charge on any atom is 0.242 e. The van der Waals surface area contributed by atoms with Gasteiger partial charge in [-0.3, -0.25) is 0 Å². The first-order valence-corrected chi connectivity index (χ1v) is 7.30. The van der Waals surface area contributed by atoms with Crippen molar-refractivity contribution in [2.45, 2.75) is 16.9 Å². The Labute approximate surface area is 112 Å². The maximum atomic E-state index is 11.9. The summed E-state index contributed by atoms with van der Waals surface area (Å²) in [5.41, 5.74) is 0.650. The van der Waals surface area contributed by atoms with Gasteiger partial charge in [0.05, 0.1) is 23.5 Å². The molecule has 104 valence electrons. The molecule has 18 heavy (non-hydrogen) atoms. The van der Waals surface area contributed by atoms with Gasteiger partial charge in [0.15, 0.2) is 0 Å². The van der Waals surface area contributed by atoms with Crippen molar-refractivity contribution in [3.63, 3.8) is 0 Å². The average molecular weight is 297 g/mol. The molecule has 0 aliphatic rings. The van der Waals surface area contributed by atoms with Crippen LogP contribution in [0.2, 0.25) is 0 Å². The van der Waals surface area contributed by atoms with E-state index in [1.54, 1.807) is 0 Å². The molecule has 8 heteroatoms. The van der Waals surface area contributed by atoms with Gasteiger partial charge in [-0.1, -0.05) is 0 Å². The van der Waals surface area contributed by atoms with Gasteiger partial charge in [0, 0.05) is 32.7 Å². The SMILES string of the molecule is COCC(CNS(=O)(=O)c1c[nH]c(CCl)c1)OC. The van der Waals surface area contributed by atoms with E-state index in [0.29, 0.717) is 12.3 Å². The van der Waals surface area contributed by atoms with Crippen molar-refractivity contribution in [1.29, 1.82) is 0 Å². The maximum absolute atomic E-state index is 11.9. The number of hydrogen-bond acceptors (Lipinski definition) is 4. The van der Waals surface area contributed by atoms with Gasteiger partial charge in [0.1, 0.15) is 0 Å². The van der Waals surface area contributed by atoms with Gasteiger partial charge in [0.2, 0.25) is 10.0 Å². The Balaban J connectivity index is 2.64. The number of methoxy groups -OCH3 is 2. The van der Waals surface area contributed by atoms with Gasteiger partial charge in [-0.2, -0.15) is 0 Å². The standard InChI is InChI=1S/C10H17ClN2O4S/c1-16-7-9(17-2)5-13-18(14,15)10-3-8(4-11)12-6-10/h3,6,9,12-13H,4-5,7H2,1-2H3. The number of sulfonamides is 1. The van der Waals surface area contributed by atoms with E-state index in [1.807, 2.05) is 0 Å². The van der Waals surface area contributed by atoms with Crippen LogP contribution in [-0.2, 0) is 25.4 Å². The van der Waals surface area contributed by atoms with Crippen molar-refractivity contribution in [2.75, 3.05) is 27.4 Å². The summed E-state index contributed by atoms with van der Waals surface area (Å²) in [6, 6.07) is 1.49. The van der Waals surface area contributed by atoms with Gasteiger partial charge in [-0.25, -0.2) is 13.1 Å². The molecule has 0 aliphatic heterocycles. The number of H-pyrrole nitrogens is 1. The number of aromatic amines is 1. The summed E-state index contributed by atoms with van der Waals surface area (Å²) in [5.74, 6) is 0.236. The van der Waals surface area contributed by atoms with E-state index in [1.165, 1.54) is 26.5 Å². The highest BCUT2D eigenvalue weighted by atomic mass is 35.5. The van der Waals surface area contributed by atoms with Crippen LogP contribution in [0.5, 0.6) is 0 Å². The second-order valence-corrected chi connectivity index (χ2v) is 5.69. The fraction of sp³-hybridized carbons (Fsp3) is 0.600. The van der Waals surface area contributed by atoms with E-state index in [4.69, 9.17) is 21.1 Å². The Morgan fingerprint density at radius 2 is 2.22 bits per heavy atom. The number of nitrogens with one attached hydrogen (secondary N) is 2. The third-order valence-electron chi connectivity index (χ3n) is 2.36. The molecule has 0 aliphatic carbocycles. The summed E-state index contributed by atoms with van der Waals surface area (Å²) in [4.78, 5) is 2.94. The Kier molecular flexibility index (Phi) is 6.10. The molecular weight excluding hydrogens is 280 g/mol. The molecule has 0 aromatic carbocycles. The van der Waals surface area contributed by atoms with Crippen LogP contribution in [0, 0.1) is 0 Å². The molecule has 0 radical (unpaired) electrons. The van der Waals surface area contributed by atoms with Gasteiger partial charge in [-0.05, 0) is 6.07 Å². The van der Waals surface area contributed by atoms with Crippen LogP contribution in [0.15, 0.2) is 17.2 Å². The molecular formula is C10H17ClN2O4S. The molecule has 1 atom stereocenters. The second kappa shape index (κ2) is 7.10. The number of aromatic nitrogens is 1. The molecule has 1 aromatic rings. The zero-order valence-corrected chi connectivity index (χ0v) is 11.8. The van der Waals surface area contributed by atoms with E-state index in [0.717, 1.165) is 0 Å². The Hall–Kier alpha value is -0.600. The number of ether oxygens (including phenoxy) is 2. The minimum absolute atomic E-state index is 0.147. The van der Waals surface area contributed by atoms with Gasteiger partial charge in [-0.15, -0.1) is 11.6 Å². The lowest BCUT2D eigenvalue weighted by Gasteiger charge is -2.14. The van der Waals surface area contributed by atoms with E-state index >= 15 is 0 Å². The van der Waals surface area contributed by atoms with Gasteiger partial charge in [0.25, 0.3) is 0 Å². The summed E-state index contributed by atoms with van der Waals surface area (Å²) in [6.45, 7) is 0.465. The Morgan fingerprint density at radius 1 is 1.50 bits per heavy atom. The quantitative estimate of drug-likeness (QED) is 0.692. The van der Waals surface area contributed by atoms with Crippen LogP contribution in [0.4, 0.5) is 0 Å². The van der Waals surface area contributed by atoms with Crippen LogP contribution in [-0.4, -0.2) is 46.9 Å². The molecule has 1 aromatic heterocycles. The first-order valence-electron chi connectivity index (χ1n) is 5.28. The molecule has 0 bridgehead atoms. The highest BCUT2D eigenvalue weighted by Gasteiger charge is 2.18. The largest absolute Gasteiger partial charge is 0.382 e. The summed E-state index contributed by atoms with van der Waals surface area (Å²) >= 11 is 5.60. The van der Waals surface area contributed by atoms with Crippen LogP contribution >= 0.6 is 11.6 Å². The number of alkyl halides is 1. The summed E-state index contributed by atoms with van der Waals surface area (Å²) < 4.78 is 36.3. The molecule has 0 amide bonds. The predicted molar refractivity (Wildman–Crippen MR) is 68.2 cm³/mol. The van der Waals surface area contributed by atoms with Crippen LogP contribution in [0.25, 0.3) is 0 Å². The van der Waals surface area contributed by atoms with E-state index < -0.39 is 10.0 Å². The number of halogens is 1. The molecule has 1 rings (SSSR count). The highest BCUT2D eigenvalue weighted by molar-refractivity contribution is 7.89. The molecule has 2 N–H and O–H groups in total. The molecule has 0 spiro atoms. The highest BCUT2D eigenvalue weighted by Crippen LogP contribution is 2.12. The van der Waals surface area contributed by atoms with E-state index in [9.17, 15) is 8.42 Å². The minimum Gasteiger partial charge on any atom is -0.382 e. The third kappa shape index (κ3) is 4.25. The smallest absolute Gasteiger partial charge is 0.242 e. The van der Waals surface area contributed by atoms with Crippen LogP contribution in [0.1, 0.15) is 5.69 Å². The summed E-state index contributed by atoms with van der Waals surface area (Å²) in [7, 11) is -0.521. The zero-order chi connectivity index (χ0) is 13.6. The lowest BCUT2D eigenvalue weighted by Crippen LogP contribution is -2.35. The fourth-order valence-electron chi connectivity index (χ4n) is 1.33. The zero-order valence-electron chi connectivity index (χ0n) is 10.3. The van der Waals surface area contributed by atoms with Crippen LogP contribution < -0.4 is 4.72 Å². The lowest BCUT2D eigenvalue weighted by molar-refractivity contribution is 0.0320. The molecule has 1 unspecified atom stereocenters. The fourth-order valence-corrected chi connectivity index (χ4v) is 2.57. The number of hydrogen-bond donors (Lipinski definition) is 2. The molecule has 0 saturated carbocycles. The van der Waals surface area contributed by atoms with Gasteiger partial charge < -0.3 is 14.5 Å². The molecule has 6 nitrogen and oxygen atoms in total. The lowest BCUT2D eigenvalue weighted by atomic mass is 10.4. The van der Waals surface area contributed by atoms with Crippen molar-refractivity contribution in [3.8, 4) is 0 Å². The van der Waals surface area contributed by atoms with Crippen molar-refractivity contribution < 1.29 is 17.9 Å². The molecule has 0 saturated heterocycles. The first-order chi connectivity index (χ1) is 8.53. The van der Waals surface area contributed by atoms with Crippen molar-refractivity contribution in [3.05, 3.63) is 18.0 Å². The van der Waals surface area contributed by atoms with Crippen LogP contribution in [0.3, 0.4) is 0 Å². The molecule has 1 heterocycles. The topological polar surface area (TPSA) is 80.4 Å². The first kappa shape index (κ1) is 15.5. The Morgan fingerprint density at radius 3 is 2.72 bits per heavy atom.